The first-order valence-electron chi connectivity index (χ1n) is 5.48. The second-order valence-corrected chi connectivity index (χ2v) is 4.22. The third-order valence-corrected chi connectivity index (χ3v) is 2.92. The van der Waals surface area contributed by atoms with Gasteiger partial charge in [0.2, 0.25) is 0 Å². The minimum atomic E-state index is -0.400. The van der Waals surface area contributed by atoms with Crippen molar-refractivity contribution in [3.63, 3.8) is 0 Å². The van der Waals surface area contributed by atoms with Gasteiger partial charge in [0.25, 0.3) is 5.91 Å². The number of hydrogen-bond donors (Lipinski definition) is 2. The molecule has 0 atom stereocenters. The number of hydrogen-bond acceptors (Lipinski definition) is 3. The summed E-state index contributed by atoms with van der Waals surface area (Å²) in [6.45, 7) is 0. The van der Waals surface area contributed by atoms with Crippen molar-refractivity contribution in [3.05, 3.63) is 58.6 Å². The summed E-state index contributed by atoms with van der Waals surface area (Å²) in [5, 5.41) is 11.9. The molecule has 0 aliphatic heterocycles. The molecule has 0 fully saturated rings. The SMILES string of the molecule is N#Cc1ccccc1NC(=O)c1cccc(Cl)c1N. The molecule has 0 aromatic heterocycles. The fraction of sp³-hybridized carbons (Fsp3) is 0. The molecule has 1 amide bonds. The quantitative estimate of drug-likeness (QED) is 0.824. The van der Waals surface area contributed by atoms with E-state index in [1.54, 1.807) is 42.5 Å². The Bertz CT molecular complexity index is 677. The molecule has 3 N–H and O–H groups in total. The predicted molar refractivity (Wildman–Crippen MR) is 75.0 cm³/mol. The lowest BCUT2D eigenvalue weighted by molar-refractivity contribution is 0.102. The van der Waals surface area contributed by atoms with Crippen molar-refractivity contribution in [1.82, 2.24) is 0 Å². The second kappa shape index (κ2) is 5.42. The van der Waals surface area contributed by atoms with Crippen molar-refractivity contribution in [2.45, 2.75) is 0 Å². The maximum Gasteiger partial charge on any atom is 0.257 e. The highest BCUT2D eigenvalue weighted by Crippen LogP contribution is 2.23. The molecule has 0 saturated heterocycles. The van der Waals surface area contributed by atoms with Crippen molar-refractivity contribution in [3.8, 4) is 6.07 Å². The summed E-state index contributed by atoms with van der Waals surface area (Å²) in [5.41, 5.74) is 7.07. The minimum absolute atomic E-state index is 0.219. The standard InChI is InChI=1S/C14H10ClN3O/c15-11-6-3-5-10(13(11)17)14(19)18-12-7-2-1-4-9(12)8-16/h1-7H,17H2,(H,18,19). The Balaban J connectivity index is 2.32. The summed E-state index contributed by atoms with van der Waals surface area (Å²) >= 11 is 5.86. The van der Waals surface area contributed by atoms with Crippen LogP contribution in [0.25, 0.3) is 0 Å². The first-order chi connectivity index (χ1) is 9.13. The van der Waals surface area contributed by atoms with Crippen LogP contribution in [0.4, 0.5) is 11.4 Å². The third-order valence-electron chi connectivity index (χ3n) is 2.59. The van der Waals surface area contributed by atoms with Gasteiger partial charge in [-0.25, -0.2) is 0 Å². The van der Waals surface area contributed by atoms with Gasteiger partial charge in [0.15, 0.2) is 0 Å². The number of nitrogen functional groups attached to an aromatic ring is 1. The fourth-order valence-electron chi connectivity index (χ4n) is 1.61. The molecule has 0 aliphatic carbocycles. The normalized spacial score (nSPS) is 9.68. The zero-order valence-corrected chi connectivity index (χ0v) is 10.6. The molecule has 19 heavy (non-hydrogen) atoms. The summed E-state index contributed by atoms with van der Waals surface area (Å²) in [5.74, 6) is -0.400. The van der Waals surface area contributed by atoms with E-state index in [1.807, 2.05) is 6.07 Å². The zero-order chi connectivity index (χ0) is 13.8. The average Bonchev–Trinajstić information content (AvgIpc) is 2.42. The van der Waals surface area contributed by atoms with Gasteiger partial charge in [-0.1, -0.05) is 29.8 Å². The first-order valence-corrected chi connectivity index (χ1v) is 5.85. The molecular formula is C14H10ClN3O. The number of halogens is 1. The van der Waals surface area contributed by atoms with E-state index < -0.39 is 5.91 Å². The van der Waals surface area contributed by atoms with E-state index in [0.29, 0.717) is 16.3 Å². The van der Waals surface area contributed by atoms with Crippen molar-refractivity contribution < 1.29 is 4.79 Å². The van der Waals surface area contributed by atoms with Gasteiger partial charge in [-0.15, -0.1) is 0 Å². The summed E-state index contributed by atoms with van der Waals surface area (Å²) in [7, 11) is 0. The van der Waals surface area contributed by atoms with Gasteiger partial charge in [0, 0.05) is 0 Å². The molecule has 2 aromatic rings. The highest BCUT2D eigenvalue weighted by molar-refractivity contribution is 6.34. The average molecular weight is 272 g/mol. The number of anilines is 2. The number of carbonyl (C=O) groups excluding carboxylic acids is 1. The van der Waals surface area contributed by atoms with Gasteiger partial charge in [-0.05, 0) is 24.3 Å². The van der Waals surface area contributed by atoms with Crippen LogP contribution in [0, 0.1) is 11.3 Å². The van der Waals surface area contributed by atoms with Crippen molar-refractivity contribution in [2.24, 2.45) is 0 Å². The van der Waals surface area contributed by atoms with E-state index in [9.17, 15) is 4.79 Å². The van der Waals surface area contributed by atoms with Crippen LogP contribution in [0.5, 0.6) is 0 Å². The molecule has 0 saturated carbocycles. The Hall–Kier alpha value is -2.51. The molecule has 2 rings (SSSR count). The van der Waals surface area contributed by atoms with Crippen LogP contribution in [-0.2, 0) is 0 Å². The van der Waals surface area contributed by atoms with E-state index in [0.717, 1.165) is 0 Å². The molecule has 2 aromatic carbocycles. The molecule has 0 spiro atoms. The second-order valence-electron chi connectivity index (χ2n) is 3.81. The summed E-state index contributed by atoms with van der Waals surface area (Å²) in [6, 6.07) is 13.6. The largest absolute Gasteiger partial charge is 0.397 e. The van der Waals surface area contributed by atoms with E-state index in [2.05, 4.69) is 5.32 Å². The Labute approximate surface area is 115 Å². The smallest absolute Gasteiger partial charge is 0.257 e. The maximum atomic E-state index is 12.1. The highest BCUT2D eigenvalue weighted by atomic mass is 35.5. The van der Waals surface area contributed by atoms with Crippen LogP contribution in [0.2, 0.25) is 5.02 Å². The number of amides is 1. The number of carbonyl (C=O) groups is 1. The van der Waals surface area contributed by atoms with Crippen LogP contribution < -0.4 is 11.1 Å². The molecule has 94 valence electrons. The van der Waals surface area contributed by atoms with E-state index >= 15 is 0 Å². The lowest BCUT2D eigenvalue weighted by Gasteiger charge is -2.09. The molecule has 0 heterocycles. The number of nitrogens with zero attached hydrogens (tertiary/aromatic N) is 1. The van der Waals surface area contributed by atoms with Crippen LogP contribution in [0.15, 0.2) is 42.5 Å². The fourth-order valence-corrected chi connectivity index (χ4v) is 1.79. The zero-order valence-electron chi connectivity index (χ0n) is 9.85. The van der Waals surface area contributed by atoms with Crippen LogP contribution in [-0.4, -0.2) is 5.91 Å². The molecule has 0 unspecified atom stereocenters. The Kier molecular flexibility index (Phi) is 3.69. The minimum Gasteiger partial charge on any atom is -0.397 e. The molecule has 0 radical (unpaired) electrons. The topological polar surface area (TPSA) is 78.9 Å². The first kappa shape index (κ1) is 12.9. The number of nitrogens with two attached hydrogens (primary N) is 1. The Morgan fingerprint density at radius 2 is 1.95 bits per heavy atom. The summed E-state index contributed by atoms with van der Waals surface area (Å²) in [4.78, 5) is 12.1. The molecule has 0 aliphatic rings. The number of para-hydroxylation sites is 2. The van der Waals surface area contributed by atoms with Gasteiger partial charge in [-0.2, -0.15) is 5.26 Å². The Morgan fingerprint density at radius 3 is 2.68 bits per heavy atom. The molecule has 4 nitrogen and oxygen atoms in total. The number of rotatable bonds is 2. The molecule has 0 bridgehead atoms. The van der Waals surface area contributed by atoms with Gasteiger partial charge >= 0.3 is 0 Å². The van der Waals surface area contributed by atoms with Crippen molar-refractivity contribution >= 4 is 28.9 Å². The number of nitrogens with one attached hydrogen (secondary N) is 1. The maximum absolute atomic E-state index is 12.1. The van der Waals surface area contributed by atoms with Crippen molar-refractivity contribution in [2.75, 3.05) is 11.1 Å². The van der Waals surface area contributed by atoms with Crippen LogP contribution in [0.3, 0.4) is 0 Å². The van der Waals surface area contributed by atoms with E-state index in [1.165, 1.54) is 0 Å². The van der Waals surface area contributed by atoms with Gasteiger partial charge in [-0.3, -0.25) is 4.79 Å². The van der Waals surface area contributed by atoms with Gasteiger partial charge in [0.05, 0.1) is 27.5 Å². The molecule has 5 heteroatoms. The van der Waals surface area contributed by atoms with Crippen LogP contribution >= 0.6 is 11.6 Å². The lowest BCUT2D eigenvalue weighted by Crippen LogP contribution is -2.15. The third kappa shape index (κ3) is 2.67. The van der Waals surface area contributed by atoms with Crippen LogP contribution in [0.1, 0.15) is 15.9 Å². The number of nitriles is 1. The lowest BCUT2D eigenvalue weighted by atomic mass is 10.1. The number of benzene rings is 2. The summed E-state index contributed by atoms with van der Waals surface area (Å²) in [6.07, 6.45) is 0. The van der Waals surface area contributed by atoms with Crippen molar-refractivity contribution in [1.29, 1.82) is 5.26 Å². The molecular weight excluding hydrogens is 262 g/mol. The monoisotopic (exact) mass is 271 g/mol. The van der Waals surface area contributed by atoms with Gasteiger partial charge in [0.1, 0.15) is 6.07 Å². The van der Waals surface area contributed by atoms with Gasteiger partial charge < -0.3 is 11.1 Å². The van der Waals surface area contributed by atoms with E-state index in [-0.39, 0.29) is 11.3 Å². The summed E-state index contributed by atoms with van der Waals surface area (Å²) < 4.78 is 0. The predicted octanol–water partition coefficient (Wildman–Crippen LogP) is 3.05. The van der Waals surface area contributed by atoms with E-state index in [4.69, 9.17) is 22.6 Å². The highest BCUT2D eigenvalue weighted by Gasteiger charge is 2.13. The Morgan fingerprint density at radius 1 is 1.21 bits per heavy atom.